The number of halogens is 2. The molecule has 1 aromatic carbocycles. The average molecular weight is 300 g/mol. The largest absolute Gasteiger partial charge is 0.381 e. The highest BCUT2D eigenvalue weighted by Crippen LogP contribution is 2.43. The number of anilines is 1. The van der Waals surface area contributed by atoms with Crippen LogP contribution in [0.2, 0.25) is 0 Å². The monoisotopic (exact) mass is 299 g/mol. The predicted molar refractivity (Wildman–Crippen MR) is 68.8 cm³/mol. The lowest BCUT2D eigenvalue weighted by Crippen LogP contribution is -2.58. The minimum Gasteiger partial charge on any atom is -0.381 e. The minimum atomic E-state index is -0.170. The second-order valence-electron chi connectivity index (χ2n) is 5.06. The van der Waals surface area contributed by atoms with E-state index in [4.69, 9.17) is 4.74 Å². The summed E-state index contributed by atoms with van der Waals surface area (Å²) >= 11 is 3.49. The first kappa shape index (κ1) is 11.5. The van der Waals surface area contributed by atoms with Gasteiger partial charge < -0.3 is 9.64 Å². The molecule has 0 amide bonds. The maximum Gasteiger partial charge on any atom is 0.125 e. The van der Waals surface area contributed by atoms with E-state index < -0.39 is 0 Å². The summed E-state index contributed by atoms with van der Waals surface area (Å²) < 4.78 is 19.6. The summed E-state index contributed by atoms with van der Waals surface area (Å²) in [6, 6.07) is 4.87. The molecule has 2 aliphatic heterocycles. The van der Waals surface area contributed by atoms with Crippen LogP contribution >= 0.6 is 15.9 Å². The minimum absolute atomic E-state index is 0.170. The van der Waals surface area contributed by atoms with Gasteiger partial charge in [0.05, 0.1) is 5.69 Å². The Bertz CT molecular complexity index is 423. The first-order valence-electron chi connectivity index (χ1n) is 5.96. The lowest BCUT2D eigenvalue weighted by Gasteiger charge is -2.53. The summed E-state index contributed by atoms with van der Waals surface area (Å²) in [5, 5.41) is 0. The average Bonchev–Trinajstić information content (AvgIpc) is 2.30. The summed E-state index contributed by atoms with van der Waals surface area (Å²) in [4.78, 5) is 2.25. The molecule has 2 aliphatic rings. The Balaban J connectivity index is 1.74. The summed E-state index contributed by atoms with van der Waals surface area (Å²) in [7, 11) is 0. The van der Waals surface area contributed by atoms with Crippen LogP contribution < -0.4 is 4.90 Å². The molecular weight excluding hydrogens is 285 g/mol. The predicted octanol–water partition coefficient (Wildman–Crippen LogP) is 3.21. The van der Waals surface area contributed by atoms with Gasteiger partial charge >= 0.3 is 0 Å². The first-order chi connectivity index (χ1) is 8.19. The van der Waals surface area contributed by atoms with Crippen LogP contribution in [-0.4, -0.2) is 26.3 Å². The highest BCUT2D eigenvalue weighted by molar-refractivity contribution is 9.10. The number of nitrogens with zero attached hydrogens (tertiary/aromatic N) is 1. The Morgan fingerprint density at radius 2 is 1.94 bits per heavy atom. The van der Waals surface area contributed by atoms with Crippen molar-refractivity contribution in [2.45, 2.75) is 12.8 Å². The lowest BCUT2D eigenvalue weighted by atomic mass is 9.73. The molecule has 0 saturated carbocycles. The van der Waals surface area contributed by atoms with E-state index in [0.29, 0.717) is 5.41 Å². The van der Waals surface area contributed by atoms with Crippen molar-refractivity contribution < 1.29 is 9.13 Å². The third-order valence-electron chi connectivity index (χ3n) is 3.85. The molecule has 2 saturated heterocycles. The van der Waals surface area contributed by atoms with Gasteiger partial charge in [-0.25, -0.2) is 4.39 Å². The van der Waals surface area contributed by atoms with E-state index in [-0.39, 0.29) is 5.82 Å². The Morgan fingerprint density at radius 3 is 2.65 bits per heavy atom. The van der Waals surface area contributed by atoms with Gasteiger partial charge in [-0.15, -0.1) is 0 Å². The Kier molecular flexibility index (Phi) is 2.87. The van der Waals surface area contributed by atoms with E-state index in [2.05, 4.69) is 20.8 Å². The second kappa shape index (κ2) is 4.25. The zero-order chi connectivity index (χ0) is 11.9. The molecule has 0 bridgehead atoms. The lowest BCUT2D eigenvalue weighted by molar-refractivity contribution is -0.000251. The van der Waals surface area contributed by atoms with E-state index in [1.807, 2.05) is 0 Å². The van der Waals surface area contributed by atoms with Crippen LogP contribution in [0.1, 0.15) is 12.8 Å². The Morgan fingerprint density at radius 1 is 1.24 bits per heavy atom. The van der Waals surface area contributed by atoms with Crippen LogP contribution in [0.4, 0.5) is 10.1 Å². The van der Waals surface area contributed by atoms with Crippen molar-refractivity contribution in [2.24, 2.45) is 5.41 Å². The van der Waals surface area contributed by atoms with Gasteiger partial charge in [0, 0.05) is 36.2 Å². The highest BCUT2D eigenvalue weighted by atomic mass is 79.9. The van der Waals surface area contributed by atoms with Crippen LogP contribution in [-0.2, 0) is 4.74 Å². The fourth-order valence-corrected chi connectivity index (χ4v) is 3.28. The topological polar surface area (TPSA) is 12.5 Å². The van der Waals surface area contributed by atoms with Gasteiger partial charge in [0.1, 0.15) is 5.82 Å². The molecule has 0 unspecified atom stereocenters. The van der Waals surface area contributed by atoms with Gasteiger partial charge in [0.15, 0.2) is 0 Å². The van der Waals surface area contributed by atoms with Crippen molar-refractivity contribution in [1.82, 2.24) is 0 Å². The van der Waals surface area contributed by atoms with E-state index in [9.17, 15) is 4.39 Å². The van der Waals surface area contributed by atoms with Gasteiger partial charge in [-0.05, 0) is 47.0 Å². The fourth-order valence-electron chi connectivity index (χ4n) is 2.78. The SMILES string of the molecule is Fc1ccc(Br)c(N2CC3(CCOCC3)C2)c1. The van der Waals surface area contributed by atoms with Crippen LogP contribution in [0.5, 0.6) is 0 Å². The van der Waals surface area contributed by atoms with E-state index in [0.717, 1.165) is 49.3 Å². The van der Waals surface area contributed by atoms with Gasteiger partial charge in [0.2, 0.25) is 0 Å². The molecular formula is C13H15BrFNO. The van der Waals surface area contributed by atoms with Gasteiger partial charge in [0.25, 0.3) is 0 Å². The van der Waals surface area contributed by atoms with Crippen LogP contribution in [0.15, 0.2) is 22.7 Å². The van der Waals surface area contributed by atoms with Crippen molar-refractivity contribution in [3.05, 3.63) is 28.5 Å². The molecule has 0 atom stereocenters. The molecule has 0 N–H and O–H groups in total. The zero-order valence-electron chi connectivity index (χ0n) is 9.59. The molecule has 4 heteroatoms. The molecule has 0 aliphatic carbocycles. The van der Waals surface area contributed by atoms with Crippen LogP contribution in [0, 0.1) is 11.2 Å². The molecule has 0 radical (unpaired) electrons. The van der Waals surface area contributed by atoms with E-state index >= 15 is 0 Å². The molecule has 1 spiro atoms. The van der Waals surface area contributed by atoms with E-state index in [1.165, 1.54) is 6.07 Å². The molecule has 2 heterocycles. The van der Waals surface area contributed by atoms with Crippen LogP contribution in [0.3, 0.4) is 0 Å². The van der Waals surface area contributed by atoms with Crippen molar-refractivity contribution in [3.63, 3.8) is 0 Å². The van der Waals surface area contributed by atoms with Crippen LogP contribution in [0.25, 0.3) is 0 Å². The summed E-state index contributed by atoms with van der Waals surface area (Å²) in [5.41, 5.74) is 1.39. The third-order valence-corrected chi connectivity index (χ3v) is 4.53. The smallest absolute Gasteiger partial charge is 0.125 e. The van der Waals surface area contributed by atoms with Gasteiger partial charge in [-0.2, -0.15) is 0 Å². The third kappa shape index (κ3) is 2.08. The molecule has 17 heavy (non-hydrogen) atoms. The Hall–Kier alpha value is -0.610. The molecule has 2 fully saturated rings. The number of benzene rings is 1. The number of hydrogen-bond acceptors (Lipinski definition) is 2. The standard InChI is InChI=1S/C13H15BrFNO/c14-11-2-1-10(15)7-12(11)16-8-13(9-16)3-5-17-6-4-13/h1-2,7H,3-6,8-9H2. The molecule has 3 rings (SSSR count). The maximum absolute atomic E-state index is 13.2. The quantitative estimate of drug-likeness (QED) is 0.789. The van der Waals surface area contributed by atoms with Crippen molar-refractivity contribution in [3.8, 4) is 0 Å². The van der Waals surface area contributed by atoms with E-state index in [1.54, 1.807) is 12.1 Å². The number of hydrogen-bond donors (Lipinski definition) is 0. The number of ether oxygens (including phenoxy) is 1. The van der Waals surface area contributed by atoms with Crippen molar-refractivity contribution >= 4 is 21.6 Å². The molecule has 2 nitrogen and oxygen atoms in total. The molecule has 0 aromatic heterocycles. The summed E-state index contributed by atoms with van der Waals surface area (Å²) in [5.74, 6) is -0.170. The zero-order valence-corrected chi connectivity index (χ0v) is 11.2. The van der Waals surface area contributed by atoms with Crippen molar-refractivity contribution in [1.29, 1.82) is 0 Å². The second-order valence-corrected chi connectivity index (χ2v) is 5.92. The highest BCUT2D eigenvalue weighted by Gasteiger charge is 2.44. The van der Waals surface area contributed by atoms with Crippen molar-refractivity contribution in [2.75, 3.05) is 31.2 Å². The summed E-state index contributed by atoms with van der Waals surface area (Å²) in [6.07, 6.45) is 2.27. The van der Waals surface area contributed by atoms with Gasteiger partial charge in [-0.1, -0.05) is 0 Å². The van der Waals surface area contributed by atoms with Gasteiger partial charge in [-0.3, -0.25) is 0 Å². The number of rotatable bonds is 1. The maximum atomic E-state index is 13.2. The normalized spacial score (nSPS) is 22.6. The summed E-state index contributed by atoms with van der Waals surface area (Å²) in [6.45, 7) is 3.80. The first-order valence-corrected chi connectivity index (χ1v) is 6.76. The molecule has 92 valence electrons. The Labute approximate surface area is 109 Å². The fraction of sp³-hybridized carbons (Fsp3) is 0.538. The molecule has 1 aromatic rings.